The van der Waals surface area contributed by atoms with Gasteiger partial charge in [-0.05, 0) is 42.0 Å². The van der Waals surface area contributed by atoms with Crippen LogP contribution in [0.25, 0.3) is 11.0 Å². The Kier molecular flexibility index (Phi) is 4.74. The molecule has 1 N–H and O–H groups in total. The van der Waals surface area contributed by atoms with Gasteiger partial charge in [0, 0.05) is 25.1 Å². The Morgan fingerprint density at radius 1 is 1.20 bits per heavy atom. The summed E-state index contributed by atoms with van der Waals surface area (Å²) in [5.74, 6) is 2.06. The molecule has 3 rings (SSSR count). The van der Waals surface area contributed by atoms with Crippen molar-refractivity contribution in [2.45, 2.75) is 26.3 Å². The van der Waals surface area contributed by atoms with Crippen molar-refractivity contribution in [1.82, 2.24) is 14.9 Å². The van der Waals surface area contributed by atoms with Crippen LogP contribution in [0.4, 0.5) is 0 Å². The summed E-state index contributed by atoms with van der Waals surface area (Å²) in [4.78, 5) is 17.0. The highest BCUT2D eigenvalue weighted by atomic mass is 16.5. The Morgan fingerprint density at radius 3 is 2.56 bits per heavy atom. The lowest BCUT2D eigenvalue weighted by Gasteiger charge is -2.07. The summed E-state index contributed by atoms with van der Waals surface area (Å²) in [5, 5.41) is 2.95. The Bertz CT molecular complexity index is 895. The van der Waals surface area contributed by atoms with Crippen molar-refractivity contribution < 1.29 is 9.53 Å². The molecule has 0 aliphatic rings. The van der Waals surface area contributed by atoms with Crippen molar-refractivity contribution in [2.75, 3.05) is 7.11 Å². The van der Waals surface area contributed by atoms with E-state index in [4.69, 9.17) is 9.72 Å². The molecule has 2 aromatic carbocycles. The molecule has 0 fully saturated rings. The van der Waals surface area contributed by atoms with E-state index in [9.17, 15) is 4.79 Å². The summed E-state index contributed by atoms with van der Waals surface area (Å²) in [7, 11) is 3.64. The minimum atomic E-state index is -0.105. The molecule has 0 atom stereocenters. The number of ether oxygens (including phenoxy) is 1. The molecule has 25 heavy (non-hydrogen) atoms. The number of rotatable bonds is 5. The third kappa shape index (κ3) is 3.50. The first kappa shape index (κ1) is 17.0. The van der Waals surface area contributed by atoms with E-state index < -0.39 is 0 Å². The van der Waals surface area contributed by atoms with Gasteiger partial charge in [0.1, 0.15) is 11.6 Å². The second-order valence-corrected chi connectivity index (χ2v) is 6.42. The van der Waals surface area contributed by atoms with Crippen LogP contribution in [0.1, 0.15) is 41.5 Å². The molecule has 5 heteroatoms. The second-order valence-electron chi connectivity index (χ2n) is 6.42. The average molecular weight is 337 g/mol. The number of carbonyl (C=O) groups is 1. The van der Waals surface area contributed by atoms with E-state index in [1.165, 1.54) is 0 Å². The second kappa shape index (κ2) is 6.97. The highest BCUT2D eigenvalue weighted by Crippen LogP contribution is 2.21. The lowest BCUT2D eigenvalue weighted by atomic mass is 10.1. The Hall–Kier alpha value is -2.82. The summed E-state index contributed by atoms with van der Waals surface area (Å²) in [6, 6.07) is 13.2. The van der Waals surface area contributed by atoms with Gasteiger partial charge in [0.2, 0.25) is 0 Å². The Labute approximate surface area is 147 Å². The largest absolute Gasteiger partial charge is 0.497 e. The topological polar surface area (TPSA) is 56.1 Å². The lowest BCUT2D eigenvalue weighted by Crippen LogP contribution is -2.22. The zero-order chi connectivity index (χ0) is 18.0. The number of imidazole rings is 1. The van der Waals surface area contributed by atoms with Gasteiger partial charge in [-0.3, -0.25) is 4.79 Å². The number of aromatic nitrogens is 2. The fourth-order valence-electron chi connectivity index (χ4n) is 2.92. The van der Waals surface area contributed by atoms with Crippen LogP contribution in [0.2, 0.25) is 0 Å². The van der Waals surface area contributed by atoms with Crippen LogP contribution in [0.5, 0.6) is 5.75 Å². The van der Waals surface area contributed by atoms with E-state index in [0.29, 0.717) is 18.0 Å². The number of aryl methyl sites for hydroxylation is 1. The predicted molar refractivity (Wildman–Crippen MR) is 99.0 cm³/mol. The number of carbonyl (C=O) groups excluding carboxylic acids is 1. The standard InChI is InChI=1S/C20H23N3O2/c1-13(2)19-22-17-11-14(5-10-18(17)23(19)3)12-21-20(24)15-6-8-16(25-4)9-7-15/h5-11,13H,12H2,1-4H3,(H,21,24). The number of methoxy groups -OCH3 is 1. The fraction of sp³-hybridized carbons (Fsp3) is 0.300. The Morgan fingerprint density at radius 2 is 1.92 bits per heavy atom. The molecule has 1 amide bonds. The molecule has 0 aliphatic heterocycles. The van der Waals surface area contributed by atoms with E-state index in [1.807, 2.05) is 19.2 Å². The number of benzene rings is 2. The molecule has 0 bridgehead atoms. The van der Waals surface area contributed by atoms with Gasteiger partial charge < -0.3 is 14.6 Å². The van der Waals surface area contributed by atoms with Crippen LogP contribution in [0.3, 0.4) is 0 Å². The van der Waals surface area contributed by atoms with Crippen LogP contribution in [-0.2, 0) is 13.6 Å². The van der Waals surface area contributed by atoms with Crippen LogP contribution >= 0.6 is 0 Å². The summed E-state index contributed by atoms with van der Waals surface area (Å²) in [5.41, 5.74) is 3.71. The normalized spacial score (nSPS) is 11.1. The third-order valence-corrected chi connectivity index (χ3v) is 4.30. The molecule has 0 unspecified atom stereocenters. The van der Waals surface area contributed by atoms with Gasteiger partial charge >= 0.3 is 0 Å². The third-order valence-electron chi connectivity index (χ3n) is 4.30. The van der Waals surface area contributed by atoms with Gasteiger partial charge in [0.25, 0.3) is 5.91 Å². The summed E-state index contributed by atoms with van der Waals surface area (Å²) < 4.78 is 7.23. The van der Waals surface area contributed by atoms with Crippen molar-refractivity contribution in [1.29, 1.82) is 0 Å². The van der Waals surface area contributed by atoms with E-state index in [2.05, 4.69) is 29.8 Å². The molecular formula is C20H23N3O2. The molecule has 1 aromatic heterocycles. The molecular weight excluding hydrogens is 314 g/mol. The fourth-order valence-corrected chi connectivity index (χ4v) is 2.92. The number of amides is 1. The maximum Gasteiger partial charge on any atom is 0.251 e. The van der Waals surface area contributed by atoms with Crippen LogP contribution < -0.4 is 10.1 Å². The van der Waals surface area contributed by atoms with Crippen molar-refractivity contribution >= 4 is 16.9 Å². The van der Waals surface area contributed by atoms with Crippen molar-refractivity contribution in [3.05, 3.63) is 59.4 Å². The number of hydrogen-bond donors (Lipinski definition) is 1. The number of hydrogen-bond acceptors (Lipinski definition) is 3. The zero-order valence-corrected chi connectivity index (χ0v) is 15.0. The first-order chi connectivity index (χ1) is 12.0. The molecule has 3 aromatic rings. The van der Waals surface area contributed by atoms with Crippen molar-refractivity contribution in [2.24, 2.45) is 7.05 Å². The van der Waals surface area contributed by atoms with E-state index in [-0.39, 0.29) is 5.91 Å². The molecule has 0 saturated carbocycles. The summed E-state index contributed by atoms with van der Waals surface area (Å²) >= 11 is 0. The zero-order valence-electron chi connectivity index (χ0n) is 15.0. The highest BCUT2D eigenvalue weighted by molar-refractivity contribution is 5.94. The molecule has 0 spiro atoms. The van der Waals surface area contributed by atoms with Crippen molar-refractivity contribution in [3.63, 3.8) is 0 Å². The minimum Gasteiger partial charge on any atom is -0.497 e. The molecule has 0 radical (unpaired) electrons. The maximum absolute atomic E-state index is 12.3. The van der Waals surface area contributed by atoms with E-state index in [1.54, 1.807) is 31.4 Å². The first-order valence-electron chi connectivity index (χ1n) is 8.37. The molecule has 1 heterocycles. The van der Waals surface area contributed by atoms with Crippen LogP contribution in [-0.4, -0.2) is 22.6 Å². The smallest absolute Gasteiger partial charge is 0.251 e. The van der Waals surface area contributed by atoms with Crippen molar-refractivity contribution in [3.8, 4) is 5.75 Å². The molecule has 130 valence electrons. The van der Waals surface area contributed by atoms with Crippen LogP contribution in [0, 0.1) is 0 Å². The highest BCUT2D eigenvalue weighted by Gasteiger charge is 2.11. The quantitative estimate of drug-likeness (QED) is 0.773. The Balaban J connectivity index is 1.73. The molecule has 0 saturated heterocycles. The maximum atomic E-state index is 12.3. The summed E-state index contributed by atoms with van der Waals surface area (Å²) in [6.07, 6.45) is 0. The SMILES string of the molecule is COc1ccc(C(=O)NCc2ccc3c(c2)nc(C(C)C)n3C)cc1. The number of fused-ring (bicyclic) bond motifs is 1. The first-order valence-corrected chi connectivity index (χ1v) is 8.37. The molecule has 0 aliphatic carbocycles. The van der Waals surface area contributed by atoms with E-state index >= 15 is 0 Å². The number of nitrogens with one attached hydrogen (secondary N) is 1. The van der Waals surface area contributed by atoms with Crippen LogP contribution in [0.15, 0.2) is 42.5 Å². The van der Waals surface area contributed by atoms with Gasteiger partial charge in [0.05, 0.1) is 18.1 Å². The lowest BCUT2D eigenvalue weighted by molar-refractivity contribution is 0.0951. The van der Waals surface area contributed by atoms with Gasteiger partial charge in [-0.1, -0.05) is 19.9 Å². The molecule has 5 nitrogen and oxygen atoms in total. The van der Waals surface area contributed by atoms with Gasteiger partial charge in [-0.25, -0.2) is 4.98 Å². The van der Waals surface area contributed by atoms with E-state index in [0.717, 1.165) is 28.2 Å². The average Bonchev–Trinajstić information content (AvgIpc) is 2.96. The number of nitrogens with zero attached hydrogens (tertiary/aromatic N) is 2. The minimum absolute atomic E-state index is 0.105. The van der Waals surface area contributed by atoms with Gasteiger partial charge in [0.15, 0.2) is 0 Å². The van der Waals surface area contributed by atoms with Gasteiger partial charge in [-0.15, -0.1) is 0 Å². The summed E-state index contributed by atoms with van der Waals surface area (Å²) in [6.45, 7) is 4.74. The monoisotopic (exact) mass is 337 g/mol. The predicted octanol–water partition coefficient (Wildman–Crippen LogP) is 3.64. The van der Waals surface area contributed by atoms with Gasteiger partial charge in [-0.2, -0.15) is 0 Å².